The van der Waals surface area contributed by atoms with E-state index >= 15 is 0 Å². The summed E-state index contributed by atoms with van der Waals surface area (Å²) in [6.07, 6.45) is 0.0186. The molecule has 2 aromatic rings. The Hall–Kier alpha value is -2.60. The highest BCUT2D eigenvalue weighted by Crippen LogP contribution is 2.41. The summed E-state index contributed by atoms with van der Waals surface area (Å²) < 4.78 is 19.0. The number of carbonyl (C=O) groups excluding carboxylic acids is 2. The third-order valence-electron chi connectivity index (χ3n) is 4.42. The smallest absolute Gasteiger partial charge is 0.235 e. The maximum atomic E-state index is 13.5. The van der Waals surface area contributed by atoms with Crippen LogP contribution in [0.15, 0.2) is 36.4 Å². The molecule has 1 atom stereocenters. The van der Waals surface area contributed by atoms with Gasteiger partial charge in [-0.25, -0.2) is 4.39 Å². The molecule has 0 spiro atoms. The van der Waals surface area contributed by atoms with Gasteiger partial charge in [0.15, 0.2) is 5.75 Å². The van der Waals surface area contributed by atoms with Crippen molar-refractivity contribution < 1.29 is 18.7 Å². The number of amides is 2. The second-order valence-electron chi connectivity index (χ2n) is 5.96. The van der Waals surface area contributed by atoms with Crippen molar-refractivity contribution in [3.8, 4) is 5.75 Å². The highest BCUT2D eigenvalue weighted by molar-refractivity contribution is 6.32. The number of rotatable bonds is 1. The fraction of sp³-hybridized carbons (Fsp3) is 0.222. The zero-order chi connectivity index (χ0) is 17.6. The van der Waals surface area contributed by atoms with Gasteiger partial charge in [-0.1, -0.05) is 23.7 Å². The van der Waals surface area contributed by atoms with E-state index in [1.807, 2.05) is 0 Å². The van der Waals surface area contributed by atoms with Crippen molar-refractivity contribution in [2.45, 2.75) is 12.3 Å². The van der Waals surface area contributed by atoms with Crippen LogP contribution < -0.4 is 15.0 Å². The monoisotopic (exact) mass is 360 g/mol. The van der Waals surface area contributed by atoms with E-state index in [9.17, 15) is 14.0 Å². The number of nitrogens with one attached hydrogen (secondary N) is 1. The summed E-state index contributed by atoms with van der Waals surface area (Å²) in [6, 6.07) is 9.27. The average Bonchev–Trinajstić information content (AvgIpc) is 2.60. The maximum Gasteiger partial charge on any atom is 0.235 e. The van der Waals surface area contributed by atoms with Gasteiger partial charge in [0.2, 0.25) is 11.8 Å². The largest absolute Gasteiger partial charge is 0.488 e. The van der Waals surface area contributed by atoms with Crippen molar-refractivity contribution in [2.24, 2.45) is 0 Å². The average molecular weight is 361 g/mol. The number of fused-ring (bicyclic) bond motifs is 2. The first kappa shape index (κ1) is 15.9. The molecule has 2 aliphatic rings. The molecule has 1 unspecified atom stereocenters. The first-order valence-electron chi connectivity index (χ1n) is 7.86. The molecule has 4 rings (SSSR count). The van der Waals surface area contributed by atoms with Crippen molar-refractivity contribution >= 4 is 34.8 Å². The van der Waals surface area contributed by atoms with Crippen LogP contribution in [-0.4, -0.2) is 25.0 Å². The van der Waals surface area contributed by atoms with E-state index < -0.39 is 11.7 Å². The quantitative estimate of drug-likeness (QED) is 0.848. The lowest BCUT2D eigenvalue weighted by Crippen LogP contribution is -2.43. The van der Waals surface area contributed by atoms with Gasteiger partial charge in [0, 0.05) is 12.1 Å². The van der Waals surface area contributed by atoms with Gasteiger partial charge >= 0.3 is 0 Å². The van der Waals surface area contributed by atoms with E-state index in [0.29, 0.717) is 40.9 Å². The summed E-state index contributed by atoms with van der Waals surface area (Å²) in [6.45, 7) is 0.679. The number of halogens is 2. The summed E-state index contributed by atoms with van der Waals surface area (Å²) in [4.78, 5) is 26.7. The lowest BCUT2D eigenvalue weighted by Gasteiger charge is -2.34. The van der Waals surface area contributed by atoms with Gasteiger partial charge in [0.1, 0.15) is 12.4 Å². The predicted octanol–water partition coefficient (Wildman–Crippen LogP) is 3.33. The molecule has 25 heavy (non-hydrogen) atoms. The van der Waals surface area contributed by atoms with Crippen LogP contribution in [0.1, 0.15) is 17.9 Å². The predicted molar refractivity (Wildman–Crippen MR) is 91.7 cm³/mol. The summed E-state index contributed by atoms with van der Waals surface area (Å²) in [5, 5.41) is 3.05. The van der Waals surface area contributed by atoms with E-state index in [2.05, 4.69) is 5.32 Å². The maximum absolute atomic E-state index is 13.5. The van der Waals surface area contributed by atoms with Crippen LogP contribution in [0.5, 0.6) is 5.75 Å². The minimum atomic E-state index is -0.672. The molecule has 0 aliphatic carbocycles. The Kier molecular flexibility index (Phi) is 3.84. The molecule has 0 fully saturated rings. The second-order valence-corrected chi connectivity index (χ2v) is 6.37. The Bertz CT molecular complexity index is 887. The van der Waals surface area contributed by atoms with Gasteiger partial charge in [-0.3, -0.25) is 9.59 Å². The first-order chi connectivity index (χ1) is 12.0. The molecule has 2 amide bonds. The van der Waals surface area contributed by atoms with Gasteiger partial charge in [-0.05, 0) is 29.8 Å². The number of nitrogens with zero attached hydrogens (tertiary/aromatic N) is 1. The van der Waals surface area contributed by atoms with Crippen LogP contribution in [0.4, 0.5) is 15.8 Å². The number of benzene rings is 2. The SMILES string of the molecule is O=C1CC(C(=O)N2CCOc3c(Cl)cccc32)c2ccc(F)cc2N1. The Morgan fingerprint density at radius 1 is 1.32 bits per heavy atom. The van der Waals surface area contributed by atoms with Crippen LogP contribution in [-0.2, 0) is 9.59 Å². The zero-order valence-corrected chi connectivity index (χ0v) is 13.8. The van der Waals surface area contributed by atoms with Crippen molar-refractivity contribution in [1.29, 1.82) is 0 Å². The molecular weight excluding hydrogens is 347 g/mol. The van der Waals surface area contributed by atoms with Crippen LogP contribution in [0, 0.1) is 5.82 Å². The van der Waals surface area contributed by atoms with Crippen molar-refractivity contribution in [3.05, 3.63) is 52.8 Å². The van der Waals surface area contributed by atoms with Gasteiger partial charge < -0.3 is 15.0 Å². The first-order valence-corrected chi connectivity index (χ1v) is 8.24. The molecule has 2 heterocycles. The van der Waals surface area contributed by atoms with Crippen molar-refractivity contribution in [2.75, 3.05) is 23.4 Å². The van der Waals surface area contributed by atoms with Gasteiger partial charge in [0.25, 0.3) is 0 Å². The Morgan fingerprint density at radius 2 is 2.16 bits per heavy atom. The van der Waals surface area contributed by atoms with E-state index in [-0.39, 0.29) is 18.2 Å². The van der Waals surface area contributed by atoms with E-state index in [0.717, 1.165) is 0 Å². The van der Waals surface area contributed by atoms with Gasteiger partial charge in [-0.15, -0.1) is 0 Å². The molecule has 0 saturated heterocycles. The highest BCUT2D eigenvalue weighted by Gasteiger charge is 2.36. The molecule has 7 heteroatoms. The fourth-order valence-corrected chi connectivity index (χ4v) is 3.51. The molecule has 0 radical (unpaired) electrons. The summed E-state index contributed by atoms with van der Waals surface area (Å²) in [5.41, 5.74) is 1.54. The van der Waals surface area contributed by atoms with Crippen LogP contribution in [0.2, 0.25) is 5.02 Å². The van der Waals surface area contributed by atoms with Crippen LogP contribution in [0.25, 0.3) is 0 Å². The lowest BCUT2D eigenvalue weighted by molar-refractivity contribution is -0.124. The third kappa shape index (κ3) is 2.72. The normalized spacial score (nSPS) is 18.7. The van der Waals surface area contributed by atoms with Crippen molar-refractivity contribution in [1.82, 2.24) is 0 Å². The minimum absolute atomic E-state index is 0.0186. The molecule has 5 nitrogen and oxygen atoms in total. The molecule has 2 aromatic carbocycles. The van der Waals surface area contributed by atoms with Crippen LogP contribution >= 0.6 is 11.6 Å². The number of carbonyl (C=O) groups is 2. The molecule has 2 aliphatic heterocycles. The Labute approximate surface area is 148 Å². The Morgan fingerprint density at radius 3 is 3.00 bits per heavy atom. The number of hydrogen-bond donors (Lipinski definition) is 1. The topological polar surface area (TPSA) is 58.6 Å². The van der Waals surface area contributed by atoms with Gasteiger partial charge in [0.05, 0.1) is 23.2 Å². The molecule has 0 bridgehead atoms. The fourth-order valence-electron chi connectivity index (χ4n) is 3.29. The lowest BCUT2D eigenvalue weighted by atomic mass is 9.89. The summed E-state index contributed by atoms with van der Waals surface area (Å²) >= 11 is 6.15. The molecule has 0 aromatic heterocycles. The molecule has 128 valence electrons. The number of anilines is 2. The number of para-hydroxylation sites is 1. The second kappa shape index (κ2) is 6.04. The van der Waals surface area contributed by atoms with Crippen molar-refractivity contribution in [3.63, 3.8) is 0 Å². The number of ether oxygens (including phenoxy) is 1. The van der Waals surface area contributed by atoms with E-state index in [1.54, 1.807) is 29.2 Å². The minimum Gasteiger partial charge on any atom is -0.488 e. The Balaban J connectivity index is 1.74. The molecule has 0 saturated carbocycles. The molecular formula is C18H14ClFN2O3. The van der Waals surface area contributed by atoms with Crippen LogP contribution in [0.3, 0.4) is 0 Å². The zero-order valence-electron chi connectivity index (χ0n) is 13.1. The van der Waals surface area contributed by atoms with E-state index in [1.165, 1.54) is 12.1 Å². The standard InChI is InChI=1S/C18H14ClFN2O3/c19-13-2-1-3-15-17(13)25-7-6-22(15)18(24)12-9-16(23)21-14-8-10(20)4-5-11(12)14/h1-5,8,12H,6-7,9H2,(H,21,23). The van der Waals surface area contributed by atoms with Gasteiger partial charge in [-0.2, -0.15) is 0 Å². The third-order valence-corrected chi connectivity index (χ3v) is 4.71. The van der Waals surface area contributed by atoms with E-state index in [4.69, 9.17) is 16.3 Å². The number of hydrogen-bond acceptors (Lipinski definition) is 3. The summed E-state index contributed by atoms with van der Waals surface area (Å²) in [7, 11) is 0. The molecule has 1 N–H and O–H groups in total. The highest BCUT2D eigenvalue weighted by atomic mass is 35.5. The summed E-state index contributed by atoms with van der Waals surface area (Å²) in [5.74, 6) is -1.21.